The molecule has 8 heteroatoms. The van der Waals surface area contributed by atoms with Crippen LogP contribution in [0, 0.1) is 17.8 Å². The minimum atomic E-state index is -2.99. The van der Waals surface area contributed by atoms with Crippen molar-refractivity contribution >= 4 is 21.3 Å². The van der Waals surface area contributed by atoms with Crippen LogP contribution in [0.15, 0.2) is 24.4 Å². The molecule has 1 aliphatic heterocycles. The number of nitrogens with one attached hydrogen (secondary N) is 1. The first kappa shape index (κ1) is 21.6. The molecule has 2 aromatic heterocycles. The maximum Gasteiger partial charge on any atom is 0.288 e. The maximum absolute atomic E-state index is 13.5. The van der Waals surface area contributed by atoms with Gasteiger partial charge in [0.2, 0.25) is 5.82 Å². The molecule has 1 amide bonds. The monoisotopic (exact) mass is 470 g/mol. The number of rotatable bonds is 5. The lowest BCUT2D eigenvalue weighted by molar-refractivity contribution is -0.0169. The van der Waals surface area contributed by atoms with Crippen molar-refractivity contribution in [3.05, 3.63) is 35.9 Å². The molecule has 0 aromatic carbocycles. The second kappa shape index (κ2) is 7.80. The average Bonchev–Trinajstić information content (AvgIpc) is 3.11. The van der Waals surface area contributed by atoms with Gasteiger partial charge in [0.25, 0.3) is 5.91 Å². The number of amides is 1. The third kappa shape index (κ3) is 3.99. The van der Waals surface area contributed by atoms with E-state index in [1.165, 1.54) is 25.5 Å². The van der Waals surface area contributed by atoms with Gasteiger partial charge >= 0.3 is 0 Å². The summed E-state index contributed by atoms with van der Waals surface area (Å²) in [5.41, 5.74) is 1.81. The molecule has 7 rings (SSSR count). The summed E-state index contributed by atoms with van der Waals surface area (Å²) < 4.78 is 25.7. The largest absolute Gasteiger partial charge is 0.344 e. The van der Waals surface area contributed by atoms with Gasteiger partial charge in [0, 0.05) is 24.5 Å². The van der Waals surface area contributed by atoms with E-state index in [4.69, 9.17) is 4.98 Å². The number of imidazole rings is 1. The molecule has 178 valence electrons. The Balaban J connectivity index is 1.22. The number of carbonyl (C=O) groups is 1. The van der Waals surface area contributed by atoms with Crippen LogP contribution in [0.25, 0.3) is 5.52 Å². The quantitative estimate of drug-likeness (QED) is 0.726. The van der Waals surface area contributed by atoms with Crippen molar-refractivity contribution in [3.8, 4) is 0 Å². The second-order valence-electron chi connectivity index (χ2n) is 11.3. The van der Waals surface area contributed by atoms with Gasteiger partial charge in [-0.05, 0) is 94.3 Å². The Labute approximate surface area is 195 Å². The fourth-order valence-electron chi connectivity index (χ4n) is 7.65. The molecule has 0 atom stereocenters. The SMILES string of the molecule is CS(=O)(=O)C1CCN(Cc2nc(C(=O)NC34CC5CC(CC(C5)C3)C4)n3ccccc23)CC1. The summed E-state index contributed by atoms with van der Waals surface area (Å²) in [6, 6.07) is 5.95. The van der Waals surface area contributed by atoms with E-state index in [1.807, 2.05) is 28.8 Å². The molecule has 7 nitrogen and oxygen atoms in total. The van der Waals surface area contributed by atoms with Gasteiger partial charge in [-0.15, -0.1) is 0 Å². The van der Waals surface area contributed by atoms with E-state index >= 15 is 0 Å². The van der Waals surface area contributed by atoms with Crippen molar-refractivity contribution in [3.63, 3.8) is 0 Å². The molecule has 1 N–H and O–H groups in total. The number of carbonyl (C=O) groups excluding carboxylic acids is 1. The van der Waals surface area contributed by atoms with Crippen LogP contribution < -0.4 is 5.32 Å². The highest BCUT2D eigenvalue weighted by atomic mass is 32.2. The maximum atomic E-state index is 13.5. The Bertz CT molecular complexity index is 1140. The first-order chi connectivity index (χ1) is 15.8. The van der Waals surface area contributed by atoms with E-state index in [0.29, 0.717) is 25.2 Å². The molecular formula is C25H34N4O3S. The molecule has 0 unspecified atom stereocenters. The van der Waals surface area contributed by atoms with Crippen molar-refractivity contribution in [1.82, 2.24) is 19.6 Å². The number of pyridine rings is 1. The molecule has 0 radical (unpaired) electrons. The predicted octanol–water partition coefficient (Wildman–Crippen LogP) is 3.04. The molecule has 2 aromatic rings. The van der Waals surface area contributed by atoms with Crippen LogP contribution in [0.4, 0.5) is 0 Å². The van der Waals surface area contributed by atoms with Gasteiger partial charge in [-0.3, -0.25) is 14.1 Å². The number of aromatic nitrogens is 2. The summed E-state index contributed by atoms with van der Waals surface area (Å²) in [6.07, 6.45) is 12.0. The van der Waals surface area contributed by atoms with E-state index in [1.54, 1.807) is 0 Å². The summed E-state index contributed by atoms with van der Waals surface area (Å²) in [5, 5.41) is 3.23. The van der Waals surface area contributed by atoms with Gasteiger partial charge < -0.3 is 5.32 Å². The van der Waals surface area contributed by atoms with Gasteiger partial charge in [-0.25, -0.2) is 13.4 Å². The zero-order chi connectivity index (χ0) is 22.8. The van der Waals surface area contributed by atoms with Gasteiger partial charge in [-0.1, -0.05) is 6.07 Å². The molecule has 4 aliphatic carbocycles. The Kier molecular flexibility index (Phi) is 5.11. The van der Waals surface area contributed by atoms with Crippen LogP contribution in [0.5, 0.6) is 0 Å². The summed E-state index contributed by atoms with van der Waals surface area (Å²) in [7, 11) is -2.99. The molecule has 5 fully saturated rings. The number of likely N-dealkylation sites (tertiary alicyclic amines) is 1. The minimum absolute atomic E-state index is 0.0415. The minimum Gasteiger partial charge on any atom is -0.344 e. The number of hydrogen-bond donors (Lipinski definition) is 1. The number of nitrogens with zero attached hydrogens (tertiary/aromatic N) is 3. The lowest BCUT2D eigenvalue weighted by Gasteiger charge is -2.56. The third-order valence-electron chi connectivity index (χ3n) is 8.76. The summed E-state index contributed by atoms with van der Waals surface area (Å²) in [6.45, 7) is 2.10. The van der Waals surface area contributed by atoms with Crippen molar-refractivity contribution in [2.45, 2.75) is 68.7 Å². The van der Waals surface area contributed by atoms with Crippen LogP contribution in [-0.2, 0) is 16.4 Å². The second-order valence-corrected chi connectivity index (χ2v) is 13.6. The van der Waals surface area contributed by atoms with E-state index < -0.39 is 9.84 Å². The van der Waals surface area contributed by atoms with Crippen molar-refractivity contribution in [2.24, 2.45) is 17.8 Å². The molecule has 5 aliphatic rings. The van der Waals surface area contributed by atoms with Crippen LogP contribution >= 0.6 is 0 Å². The number of hydrogen-bond acceptors (Lipinski definition) is 5. The van der Waals surface area contributed by atoms with E-state index in [9.17, 15) is 13.2 Å². The number of sulfone groups is 1. The Morgan fingerprint density at radius 2 is 1.73 bits per heavy atom. The molecule has 3 heterocycles. The molecule has 0 spiro atoms. The zero-order valence-corrected chi connectivity index (χ0v) is 20.2. The van der Waals surface area contributed by atoms with Gasteiger partial charge in [0.05, 0.1) is 16.5 Å². The van der Waals surface area contributed by atoms with Gasteiger partial charge in [0.1, 0.15) is 9.84 Å². The molecule has 33 heavy (non-hydrogen) atoms. The van der Waals surface area contributed by atoms with Crippen molar-refractivity contribution in [1.29, 1.82) is 0 Å². The first-order valence-electron chi connectivity index (χ1n) is 12.5. The Morgan fingerprint density at radius 3 is 2.33 bits per heavy atom. The average molecular weight is 471 g/mol. The van der Waals surface area contributed by atoms with Gasteiger partial charge in [0.15, 0.2) is 0 Å². The van der Waals surface area contributed by atoms with Crippen LogP contribution in [0.3, 0.4) is 0 Å². The number of piperidine rings is 1. The first-order valence-corrected chi connectivity index (χ1v) is 14.4. The van der Waals surface area contributed by atoms with Crippen LogP contribution in [0.1, 0.15) is 67.7 Å². The fraction of sp³-hybridized carbons (Fsp3) is 0.680. The fourth-order valence-corrected chi connectivity index (χ4v) is 8.71. The topological polar surface area (TPSA) is 83.8 Å². The van der Waals surface area contributed by atoms with Crippen LogP contribution in [-0.4, -0.2) is 58.7 Å². The predicted molar refractivity (Wildman–Crippen MR) is 127 cm³/mol. The third-order valence-corrected chi connectivity index (χ3v) is 10.4. The lowest BCUT2D eigenvalue weighted by atomic mass is 9.53. The smallest absolute Gasteiger partial charge is 0.288 e. The van der Waals surface area contributed by atoms with Crippen LogP contribution in [0.2, 0.25) is 0 Å². The normalized spacial score (nSPS) is 32.5. The standard InChI is InChI=1S/C25H34N4O3S/c1-33(31,32)20-5-8-28(9-6-20)16-21-22-4-2-3-7-29(22)23(26-21)24(30)27-25-13-17-10-18(14-25)12-19(11-17)15-25/h2-4,7,17-20H,5-6,8-16H2,1H3,(H,27,30). The van der Waals surface area contributed by atoms with Gasteiger partial charge in [-0.2, -0.15) is 0 Å². The molecule has 4 bridgehead atoms. The van der Waals surface area contributed by atoms with Crippen molar-refractivity contribution in [2.75, 3.05) is 19.3 Å². The zero-order valence-electron chi connectivity index (χ0n) is 19.4. The summed E-state index contributed by atoms with van der Waals surface area (Å²) >= 11 is 0. The highest BCUT2D eigenvalue weighted by Gasteiger charge is 2.51. The molecule has 1 saturated heterocycles. The highest BCUT2D eigenvalue weighted by molar-refractivity contribution is 7.91. The molecule has 4 saturated carbocycles. The van der Waals surface area contributed by atoms with E-state index in [-0.39, 0.29) is 16.7 Å². The molecular weight excluding hydrogens is 436 g/mol. The Morgan fingerprint density at radius 1 is 1.09 bits per heavy atom. The van der Waals surface area contributed by atoms with Crippen molar-refractivity contribution < 1.29 is 13.2 Å². The van der Waals surface area contributed by atoms with E-state index in [2.05, 4.69) is 10.2 Å². The summed E-state index contributed by atoms with van der Waals surface area (Å²) in [5.74, 6) is 2.75. The number of fused-ring (bicyclic) bond motifs is 1. The summed E-state index contributed by atoms with van der Waals surface area (Å²) in [4.78, 5) is 20.6. The lowest BCUT2D eigenvalue weighted by Crippen LogP contribution is -2.60. The highest BCUT2D eigenvalue weighted by Crippen LogP contribution is 2.55. The van der Waals surface area contributed by atoms with E-state index in [0.717, 1.165) is 61.3 Å². The Hall–Kier alpha value is -1.93.